The molecule has 0 bridgehead atoms. The Hall–Kier alpha value is -2.12. The molecule has 1 aromatic heterocycles. The largest absolute Gasteiger partial charge is 0.486 e. The Morgan fingerprint density at radius 3 is 2.43 bits per heavy atom. The topological polar surface area (TPSA) is 88.7 Å². The summed E-state index contributed by atoms with van der Waals surface area (Å²) in [5.41, 5.74) is 7.44. The summed E-state index contributed by atoms with van der Waals surface area (Å²) < 4.78 is 22.5. The van der Waals surface area contributed by atoms with Crippen molar-refractivity contribution in [2.75, 3.05) is 32.2 Å². The standard InChI is InChI=1S/C16H19N3O4/c17-13-5-12-14(6-15(13)22-10-1-3-20-7-10)18-9-19-16(12)23-11-2-4-21-8-11/h5-6,9-11H,1-4,7-8,17H2/t10-,11+/m1/s1. The molecule has 0 unspecified atom stereocenters. The molecule has 2 aromatic rings. The SMILES string of the molecule is Nc1cc2c(O[C@H]3CCOC3)ncnc2cc1O[C@@H]1CCOC1. The highest BCUT2D eigenvalue weighted by Gasteiger charge is 2.21. The Morgan fingerprint density at radius 2 is 1.74 bits per heavy atom. The molecule has 0 aliphatic carbocycles. The van der Waals surface area contributed by atoms with Crippen molar-refractivity contribution < 1.29 is 18.9 Å². The zero-order valence-corrected chi connectivity index (χ0v) is 12.7. The molecule has 0 saturated carbocycles. The molecule has 2 saturated heterocycles. The lowest BCUT2D eigenvalue weighted by Crippen LogP contribution is -2.17. The van der Waals surface area contributed by atoms with Gasteiger partial charge in [0.25, 0.3) is 0 Å². The van der Waals surface area contributed by atoms with Crippen LogP contribution in [0, 0.1) is 0 Å². The van der Waals surface area contributed by atoms with Crippen LogP contribution in [-0.4, -0.2) is 48.6 Å². The molecule has 2 aliphatic heterocycles. The predicted octanol–water partition coefficient (Wildman–Crippen LogP) is 1.55. The van der Waals surface area contributed by atoms with Gasteiger partial charge in [0, 0.05) is 18.9 Å². The molecule has 2 fully saturated rings. The molecule has 122 valence electrons. The number of nitrogen functional groups attached to an aromatic ring is 1. The first kappa shape index (κ1) is 14.5. The van der Waals surface area contributed by atoms with Crippen molar-refractivity contribution in [3.63, 3.8) is 0 Å². The Bertz CT molecular complexity index is 697. The van der Waals surface area contributed by atoms with E-state index in [0.29, 0.717) is 30.5 Å². The Kier molecular flexibility index (Phi) is 3.88. The van der Waals surface area contributed by atoms with E-state index in [1.807, 2.05) is 12.1 Å². The molecule has 2 atom stereocenters. The first-order chi connectivity index (χ1) is 11.3. The van der Waals surface area contributed by atoms with E-state index >= 15 is 0 Å². The average molecular weight is 317 g/mol. The minimum Gasteiger partial charge on any atom is -0.486 e. The highest BCUT2D eigenvalue weighted by atomic mass is 16.6. The van der Waals surface area contributed by atoms with Crippen molar-refractivity contribution in [1.82, 2.24) is 9.97 Å². The summed E-state index contributed by atoms with van der Waals surface area (Å²) in [4.78, 5) is 8.54. The molecule has 7 nitrogen and oxygen atoms in total. The molecule has 0 spiro atoms. The third kappa shape index (κ3) is 3.02. The second kappa shape index (κ2) is 6.17. The predicted molar refractivity (Wildman–Crippen MR) is 83.7 cm³/mol. The minimum atomic E-state index is 0.0286. The van der Waals surface area contributed by atoms with Gasteiger partial charge in [0.15, 0.2) is 0 Å². The second-order valence-electron chi connectivity index (χ2n) is 5.79. The van der Waals surface area contributed by atoms with E-state index in [-0.39, 0.29) is 12.2 Å². The van der Waals surface area contributed by atoms with E-state index in [1.165, 1.54) is 6.33 Å². The highest BCUT2D eigenvalue weighted by molar-refractivity contribution is 5.88. The van der Waals surface area contributed by atoms with Crippen LogP contribution < -0.4 is 15.2 Å². The number of benzene rings is 1. The monoisotopic (exact) mass is 317 g/mol. The van der Waals surface area contributed by atoms with E-state index in [9.17, 15) is 0 Å². The van der Waals surface area contributed by atoms with E-state index in [1.54, 1.807) is 0 Å². The fourth-order valence-electron chi connectivity index (χ4n) is 2.82. The lowest BCUT2D eigenvalue weighted by Gasteiger charge is -2.16. The number of nitrogens with zero attached hydrogens (tertiary/aromatic N) is 2. The summed E-state index contributed by atoms with van der Waals surface area (Å²) in [7, 11) is 0. The molecule has 4 rings (SSSR count). The van der Waals surface area contributed by atoms with Crippen LogP contribution in [0.2, 0.25) is 0 Å². The van der Waals surface area contributed by atoms with Gasteiger partial charge in [0.05, 0.1) is 43.0 Å². The Morgan fingerprint density at radius 1 is 1.00 bits per heavy atom. The van der Waals surface area contributed by atoms with Gasteiger partial charge in [-0.1, -0.05) is 0 Å². The van der Waals surface area contributed by atoms with Crippen LogP contribution in [-0.2, 0) is 9.47 Å². The van der Waals surface area contributed by atoms with Crippen molar-refractivity contribution in [1.29, 1.82) is 0 Å². The molecule has 3 heterocycles. The number of hydrogen-bond donors (Lipinski definition) is 1. The lowest BCUT2D eigenvalue weighted by molar-refractivity contribution is 0.139. The van der Waals surface area contributed by atoms with Crippen LogP contribution >= 0.6 is 0 Å². The molecular formula is C16H19N3O4. The Balaban J connectivity index is 1.63. The summed E-state index contributed by atoms with van der Waals surface area (Å²) in [6.45, 7) is 2.63. The van der Waals surface area contributed by atoms with E-state index < -0.39 is 0 Å². The van der Waals surface area contributed by atoms with Gasteiger partial charge in [-0.15, -0.1) is 0 Å². The molecular weight excluding hydrogens is 298 g/mol. The Labute approximate surface area is 133 Å². The fourth-order valence-corrected chi connectivity index (χ4v) is 2.82. The van der Waals surface area contributed by atoms with Crippen LogP contribution in [0.5, 0.6) is 11.6 Å². The molecule has 0 amide bonds. The van der Waals surface area contributed by atoms with Gasteiger partial charge >= 0.3 is 0 Å². The minimum absolute atomic E-state index is 0.0286. The van der Waals surface area contributed by atoms with Gasteiger partial charge in [0.2, 0.25) is 5.88 Å². The first-order valence-corrected chi connectivity index (χ1v) is 7.82. The van der Waals surface area contributed by atoms with Crippen LogP contribution in [0.3, 0.4) is 0 Å². The maximum absolute atomic E-state index is 6.14. The van der Waals surface area contributed by atoms with Gasteiger partial charge in [-0.2, -0.15) is 0 Å². The molecule has 2 N–H and O–H groups in total. The maximum atomic E-state index is 6.14. The van der Waals surface area contributed by atoms with Crippen molar-refractivity contribution in [2.24, 2.45) is 0 Å². The summed E-state index contributed by atoms with van der Waals surface area (Å²) in [5.74, 6) is 1.16. The number of anilines is 1. The third-order valence-electron chi connectivity index (χ3n) is 4.08. The number of hydrogen-bond acceptors (Lipinski definition) is 7. The molecule has 2 aliphatic rings. The van der Waals surface area contributed by atoms with Gasteiger partial charge in [0.1, 0.15) is 24.3 Å². The molecule has 0 radical (unpaired) electrons. The number of rotatable bonds is 4. The number of aromatic nitrogens is 2. The van der Waals surface area contributed by atoms with Crippen LogP contribution in [0.25, 0.3) is 10.9 Å². The van der Waals surface area contributed by atoms with Crippen LogP contribution in [0.1, 0.15) is 12.8 Å². The number of fused-ring (bicyclic) bond motifs is 1. The van der Waals surface area contributed by atoms with Crippen molar-refractivity contribution in [2.45, 2.75) is 25.0 Å². The summed E-state index contributed by atoms with van der Waals surface area (Å²) >= 11 is 0. The number of nitrogens with two attached hydrogens (primary N) is 1. The van der Waals surface area contributed by atoms with Crippen molar-refractivity contribution in [3.8, 4) is 11.6 Å². The highest BCUT2D eigenvalue weighted by Crippen LogP contribution is 2.33. The van der Waals surface area contributed by atoms with E-state index in [2.05, 4.69) is 9.97 Å². The zero-order chi connectivity index (χ0) is 15.6. The van der Waals surface area contributed by atoms with E-state index in [4.69, 9.17) is 24.7 Å². The summed E-state index contributed by atoms with van der Waals surface area (Å²) in [5, 5.41) is 0.784. The fraction of sp³-hybridized carbons (Fsp3) is 0.500. The quantitative estimate of drug-likeness (QED) is 0.856. The van der Waals surface area contributed by atoms with Crippen molar-refractivity contribution in [3.05, 3.63) is 18.5 Å². The third-order valence-corrected chi connectivity index (χ3v) is 4.08. The van der Waals surface area contributed by atoms with Gasteiger partial charge < -0.3 is 24.7 Å². The second-order valence-corrected chi connectivity index (χ2v) is 5.79. The van der Waals surface area contributed by atoms with Gasteiger partial charge in [-0.25, -0.2) is 9.97 Å². The summed E-state index contributed by atoms with van der Waals surface area (Å²) in [6, 6.07) is 3.65. The van der Waals surface area contributed by atoms with E-state index in [0.717, 1.165) is 37.0 Å². The first-order valence-electron chi connectivity index (χ1n) is 7.82. The van der Waals surface area contributed by atoms with Gasteiger partial charge in [-0.3, -0.25) is 0 Å². The van der Waals surface area contributed by atoms with Crippen LogP contribution in [0.15, 0.2) is 18.5 Å². The van der Waals surface area contributed by atoms with Crippen molar-refractivity contribution >= 4 is 16.6 Å². The summed E-state index contributed by atoms with van der Waals surface area (Å²) in [6.07, 6.45) is 3.30. The normalized spacial score (nSPS) is 24.2. The smallest absolute Gasteiger partial charge is 0.224 e. The zero-order valence-electron chi connectivity index (χ0n) is 12.7. The molecule has 23 heavy (non-hydrogen) atoms. The maximum Gasteiger partial charge on any atom is 0.224 e. The van der Waals surface area contributed by atoms with Gasteiger partial charge in [-0.05, 0) is 6.07 Å². The van der Waals surface area contributed by atoms with Crippen LogP contribution in [0.4, 0.5) is 5.69 Å². The molecule has 1 aromatic carbocycles. The average Bonchev–Trinajstić information content (AvgIpc) is 3.22. The molecule has 7 heteroatoms. The number of ether oxygens (including phenoxy) is 4. The lowest BCUT2D eigenvalue weighted by atomic mass is 10.2.